The molecule has 3 nitrogen and oxygen atoms in total. The van der Waals surface area contributed by atoms with Gasteiger partial charge in [0.05, 0.1) is 10.7 Å². The number of benzene rings is 2. The molecular formula is C14H11Cl2NO2. The Kier molecular flexibility index (Phi) is 3.98. The highest BCUT2D eigenvalue weighted by Crippen LogP contribution is 2.26. The molecule has 0 radical (unpaired) electrons. The molecule has 2 aromatic rings. The van der Waals surface area contributed by atoms with Crippen LogP contribution >= 0.6 is 23.2 Å². The molecule has 0 aliphatic carbocycles. The number of phenols is 1. The quantitative estimate of drug-likeness (QED) is 0.870. The van der Waals surface area contributed by atoms with Gasteiger partial charge in [-0.25, -0.2) is 0 Å². The molecular weight excluding hydrogens is 285 g/mol. The van der Waals surface area contributed by atoms with Gasteiger partial charge in [-0.1, -0.05) is 23.2 Å². The Morgan fingerprint density at radius 3 is 2.53 bits per heavy atom. The van der Waals surface area contributed by atoms with Crippen LogP contribution in [0, 0.1) is 6.92 Å². The van der Waals surface area contributed by atoms with Crippen molar-refractivity contribution >= 4 is 34.8 Å². The van der Waals surface area contributed by atoms with Gasteiger partial charge in [-0.05, 0) is 48.9 Å². The van der Waals surface area contributed by atoms with E-state index in [9.17, 15) is 9.90 Å². The number of anilines is 1. The fourth-order valence-corrected chi connectivity index (χ4v) is 2.04. The van der Waals surface area contributed by atoms with Crippen LogP contribution in [-0.4, -0.2) is 11.0 Å². The van der Waals surface area contributed by atoms with Crippen LogP contribution in [0.25, 0.3) is 0 Å². The maximum absolute atomic E-state index is 12.0. The van der Waals surface area contributed by atoms with Crippen molar-refractivity contribution in [2.24, 2.45) is 0 Å². The predicted molar refractivity (Wildman–Crippen MR) is 77.3 cm³/mol. The molecule has 1 amide bonds. The number of hydrogen-bond donors (Lipinski definition) is 2. The van der Waals surface area contributed by atoms with Gasteiger partial charge in [0.25, 0.3) is 5.91 Å². The molecule has 0 fully saturated rings. The molecule has 0 atom stereocenters. The normalized spacial score (nSPS) is 10.3. The van der Waals surface area contributed by atoms with E-state index in [1.165, 1.54) is 6.07 Å². The number of carbonyl (C=O) groups excluding carboxylic acids is 1. The Labute approximate surface area is 120 Å². The van der Waals surface area contributed by atoms with E-state index >= 15 is 0 Å². The average molecular weight is 296 g/mol. The number of amides is 1. The van der Waals surface area contributed by atoms with E-state index in [1.807, 2.05) is 0 Å². The van der Waals surface area contributed by atoms with Gasteiger partial charge in [0, 0.05) is 10.6 Å². The highest BCUT2D eigenvalue weighted by atomic mass is 35.5. The van der Waals surface area contributed by atoms with Gasteiger partial charge in [-0.3, -0.25) is 4.79 Å². The molecule has 0 heterocycles. The van der Waals surface area contributed by atoms with Crippen LogP contribution < -0.4 is 5.32 Å². The summed E-state index contributed by atoms with van der Waals surface area (Å²) in [5.41, 5.74) is 1.57. The number of halogens is 2. The number of aromatic hydroxyl groups is 1. The summed E-state index contributed by atoms with van der Waals surface area (Å²) in [7, 11) is 0. The lowest BCUT2D eigenvalue weighted by atomic mass is 10.1. The van der Waals surface area contributed by atoms with Gasteiger partial charge < -0.3 is 10.4 Å². The van der Waals surface area contributed by atoms with E-state index in [0.29, 0.717) is 26.9 Å². The maximum Gasteiger partial charge on any atom is 0.255 e. The number of nitrogens with one attached hydrogen (secondary N) is 1. The van der Waals surface area contributed by atoms with Crippen molar-refractivity contribution in [1.82, 2.24) is 0 Å². The number of aryl methyl sites for hydroxylation is 1. The second kappa shape index (κ2) is 5.51. The molecule has 0 aromatic heterocycles. The van der Waals surface area contributed by atoms with E-state index in [0.717, 1.165) is 0 Å². The summed E-state index contributed by atoms with van der Waals surface area (Å²) in [4.78, 5) is 12.0. The van der Waals surface area contributed by atoms with Gasteiger partial charge in [0.15, 0.2) is 0 Å². The van der Waals surface area contributed by atoms with Gasteiger partial charge in [0.2, 0.25) is 0 Å². The van der Waals surface area contributed by atoms with Gasteiger partial charge >= 0.3 is 0 Å². The molecule has 0 saturated heterocycles. The van der Waals surface area contributed by atoms with E-state index in [2.05, 4.69) is 5.32 Å². The summed E-state index contributed by atoms with van der Waals surface area (Å²) >= 11 is 11.8. The van der Waals surface area contributed by atoms with Crippen LogP contribution in [0.1, 0.15) is 15.9 Å². The Hall–Kier alpha value is -1.71. The summed E-state index contributed by atoms with van der Waals surface area (Å²) in [5, 5.41) is 13.0. The standard InChI is InChI=1S/C14H11Cl2NO2/c1-8-6-9(2-5-13(8)18)14(19)17-12-4-3-10(15)7-11(12)16/h2-7,18H,1H3,(H,17,19). The zero-order valence-corrected chi connectivity index (χ0v) is 11.6. The van der Waals surface area contributed by atoms with Gasteiger partial charge in [-0.15, -0.1) is 0 Å². The smallest absolute Gasteiger partial charge is 0.255 e. The molecule has 2 rings (SSSR count). The Morgan fingerprint density at radius 2 is 1.89 bits per heavy atom. The molecule has 0 saturated carbocycles. The van der Waals surface area contributed by atoms with Gasteiger partial charge in [0.1, 0.15) is 5.75 Å². The number of hydrogen-bond acceptors (Lipinski definition) is 2. The Bertz CT molecular complexity index is 641. The third-order valence-corrected chi connectivity index (χ3v) is 3.19. The van der Waals surface area contributed by atoms with Crippen LogP contribution in [0.4, 0.5) is 5.69 Å². The zero-order valence-electron chi connectivity index (χ0n) is 10.1. The predicted octanol–water partition coefficient (Wildman–Crippen LogP) is 4.26. The summed E-state index contributed by atoms with van der Waals surface area (Å²) < 4.78 is 0. The first-order valence-corrected chi connectivity index (χ1v) is 6.29. The monoisotopic (exact) mass is 295 g/mol. The molecule has 0 bridgehead atoms. The lowest BCUT2D eigenvalue weighted by Crippen LogP contribution is -2.12. The lowest BCUT2D eigenvalue weighted by molar-refractivity contribution is 0.102. The maximum atomic E-state index is 12.0. The summed E-state index contributed by atoms with van der Waals surface area (Å²) in [6.07, 6.45) is 0. The van der Waals surface area contributed by atoms with E-state index in [4.69, 9.17) is 23.2 Å². The van der Waals surface area contributed by atoms with E-state index in [1.54, 1.807) is 37.3 Å². The summed E-state index contributed by atoms with van der Waals surface area (Å²) in [6.45, 7) is 1.72. The first-order chi connectivity index (χ1) is 8.97. The topological polar surface area (TPSA) is 49.3 Å². The van der Waals surface area contributed by atoms with Crippen molar-refractivity contribution in [3.63, 3.8) is 0 Å². The van der Waals surface area contributed by atoms with Crippen molar-refractivity contribution in [3.05, 3.63) is 57.6 Å². The fourth-order valence-electron chi connectivity index (χ4n) is 1.58. The minimum Gasteiger partial charge on any atom is -0.508 e. The highest BCUT2D eigenvalue weighted by Gasteiger charge is 2.10. The number of carbonyl (C=O) groups is 1. The molecule has 5 heteroatoms. The number of rotatable bonds is 2. The van der Waals surface area contributed by atoms with Crippen molar-refractivity contribution in [2.75, 3.05) is 5.32 Å². The molecule has 98 valence electrons. The zero-order chi connectivity index (χ0) is 14.0. The molecule has 0 aliphatic rings. The van der Waals surface area contributed by atoms with Crippen molar-refractivity contribution < 1.29 is 9.90 Å². The molecule has 0 unspecified atom stereocenters. The van der Waals surface area contributed by atoms with E-state index < -0.39 is 0 Å². The van der Waals surface area contributed by atoms with Crippen LogP contribution in [0.3, 0.4) is 0 Å². The van der Waals surface area contributed by atoms with Gasteiger partial charge in [-0.2, -0.15) is 0 Å². The van der Waals surface area contributed by atoms with Crippen LogP contribution in [-0.2, 0) is 0 Å². The first kappa shape index (κ1) is 13.7. The second-order valence-corrected chi connectivity index (χ2v) is 4.92. The third kappa shape index (κ3) is 3.19. The fraction of sp³-hybridized carbons (Fsp3) is 0.0714. The SMILES string of the molecule is Cc1cc(C(=O)Nc2ccc(Cl)cc2Cl)ccc1O. The molecule has 2 N–H and O–H groups in total. The molecule has 0 aliphatic heterocycles. The number of phenolic OH excluding ortho intramolecular Hbond substituents is 1. The van der Waals surface area contributed by atoms with Crippen LogP contribution in [0.2, 0.25) is 10.0 Å². The Balaban J connectivity index is 2.23. The van der Waals surface area contributed by atoms with Crippen LogP contribution in [0.15, 0.2) is 36.4 Å². The first-order valence-electron chi connectivity index (χ1n) is 5.53. The van der Waals surface area contributed by atoms with Crippen molar-refractivity contribution in [2.45, 2.75) is 6.92 Å². The highest BCUT2D eigenvalue weighted by molar-refractivity contribution is 6.36. The molecule has 0 spiro atoms. The van der Waals surface area contributed by atoms with Crippen molar-refractivity contribution in [3.8, 4) is 5.75 Å². The largest absolute Gasteiger partial charge is 0.508 e. The minimum atomic E-state index is -0.299. The summed E-state index contributed by atoms with van der Waals surface area (Å²) in [6, 6.07) is 9.46. The van der Waals surface area contributed by atoms with Crippen LogP contribution in [0.5, 0.6) is 5.75 Å². The summed E-state index contributed by atoms with van der Waals surface area (Å²) in [5.74, 6) is -0.145. The molecule has 19 heavy (non-hydrogen) atoms. The lowest BCUT2D eigenvalue weighted by Gasteiger charge is -2.08. The minimum absolute atomic E-state index is 0.154. The Morgan fingerprint density at radius 1 is 1.16 bits per heavy atom. The third-order valence-electron chi connectivity index (χ3n) is 2.64. The van der Waals surface area contributed by atoms with E-state index in [-0.39, 0.29) is 11.7 Å². The molecule has 2 aromatic carbocycles. The van der Waals surface area contributed by atoms with Crippen molar-refractivity contribution in [1.29, 1.82) is 0 Å². The second-order valence-electron chi connectivity index (χ2n) is 4.08. The average Bonchev–Trinajstić information content (AvgIpc) is 2.36.